The molecule has 0 fully saturated rings. The second-order valence-electron chi connectivity index (χ2n) is 5.38. The first-order valence-corrected chi connectivity index (χ1v) is 7.40. The highest BCUT2D eigenvalue weighted by atomic mass is 16.6. The first-order chi connectivity index (χ1) is 12.1. The van der Waals surface area contributed by atoms with E-state index in [0.29, 0.717) is 22.1 Å². The summed E-state index contributed by atoms with van der Waals surface area (Å²) in [4.78, 5) is 30.1. The molecule has 0 atom stereocenters. The fourth-order valence-corrected chi connectivity index (χ4v) is 2.60. The molecule has 0 aliphatic rings. The van der Waals surface area contributed by atoms with Crippen LogP contribution in [0.15, 0.2) is 64.8 Å². The van der Waals surface area contributed by atoms with Crippen molar-refractivity contribution in [3.63, 3.8) is 0 Å². The Morgan fingerprint density at radius 2 is 2.04 bits per heavy atom. The average Bonchev–Trinajstić information content (AvgIpc) is 3.03. The van der Waals surface area contributed by atoms with Crippen LogP contribution in [0.25, 0.3) is 22.1 Å². The summed E-state index contributed by atoms with van der Waals surface area (Å²) in [6.45, 7) is 0. The van der Waals surface area contributed by atoms with Gasteiger partial charge in [0, 0.05) is 23.1 Å². The molecule has 122 valence electrons. The van der Waals surface area contributed by atoms with Gasteiger partial charge in [0.1, 0.15) is 6.33 Å². The number of nitro groups is 1. The maximum absolute atomic E-state index is 12.5. The average molecular weight is 333 g/mol. The van der Waals surface area contributed by atoms with E-state index in [4.69, 9.17) is 0 Å². The van der Waals surface area contributed by atoms with Crippen LogP contribution < -0.4 is 5.43 Å². The number of aromatic nitrogens is 3. The van der Waals surface area contributed by atoms with Gasteiger partial charge in [0.05, 0.1) is 16.7 Å². The van der Waals surface area contributed by atoms with Gasteiger partial charge in [-0.05, 0) is 12.1 Å². The number of imidazole rings is 1. The fraction of sp³-hybridized carbons (Fsp3) is 0. The lowest BCUT2D eigenvalue weighted by molar-refractivity contribution is -0.384. The minimum absolute atomic E-state index is 0.0150. The second kappa shape index (κ2) is 5.68. The van der Waals surface area contributed by atoms with Gasteiger partial charge in [-0.15, -0.1) is 0 Å². The molecule has 2 aromatic carbocycles. The molecule has 0 aliphatic heterocycles. The van der Waals surface area contributed by atoms with E-state index in [0.717, 1.165) is 0 Å². The summed E-state index contributed by atoms with van der Waals surface area (Å²) in [6, 6.07) is 13.3. The zero-order valence-electron chi connectivity index (χ0n) is 12.8. The van der Waals surface area contributed by atoms with Crippen LogP contribution in [0.2, 0.25) is 0 Å². The standard InChI is InChI=1S/C17H11N5O3/c23-16-13-6-1-2-7-14(13)20-17-15(16)18-10-21(17)19-9-11-4-3-5-12(8-11)22(24)25/h1-10H,(H,20,23). The third-order valence-electron chi connectivity index (χ3n) is 3.80. The van der Waals surface area contributed by atoms with Gasteiger partial charge in [0.2, 0.25) is 5.43 Å². The highest BCUT2D eigenvalue weighted by Crippen LogP contribution is 2.14. The van der Waals surface area contributed by atoms with Crippen molar-refractivity contribution in [2.24, 2.45) is 5.10 Å². The van der Waals surface area contributed by atoms with Crippen LogP contribution in [0.1, 0.15) is 5.56 Å². The van der Waals surface area contributed by atoms with E-state index < -0.39 is 4.92 Å². The number of benzene rings is 2. The van der Waals surface area contributed by atoms with Gasteiger partial charge < -0.3 is 4.98 Å². The predicted octanol–water partition coefficient (Wildman–Crippen LogP) is 2.67. The number of H-pyrrole nitrogens is 1. The fourth-order valence-electron chi connectivity index (χ4n) is 2.60. The second-order valence-corrected chi connectivity index (χ2v) is 5.38. The monoisotopic (exact) mass is 333 g/mol. The van der Waals surface area contributed by atoms with Gasteiger partial charge in [-0.25, -0.2) is 9.66 Å². The molecule has 1 N–H and O–H groups in total. The van der Waals surface area contributed by atoms with E-state index in [1.165, 1.54) is 29.4 Å². The molecule has 0 spiro atoms. The number of hydrogen-bond donors (Lipinski definition) is 1. The highest BCUT2D eigenvalue weighted by molar-refractivity contribution is 5.89. The van der Waals surface area contributed by atoms with Crippen molar-refractivity contribution >= 4 is 34.0 Å². The lowest BCUT2D eigenvalue weighted by atomic mass is 10.2. The molecule has 0 amide bonds. The van der Waals surface area contributed by atoms with Gasteiger partial charge in [-0.3, -0.25) is 14.9 Å². The quantitative estimate of drug-likeness (QED) is 0.353. The zero-order valence-corrected chi connectivity index (χ0v) is 12.8. The van der Waals surface area contributed by atoms with E-state index in [1.807, 2.05) is 6.07 Å². The van der Waals surface area contributed by atoms with Crippen molar-refractivity contribution < 1.29 is 4.92 Å². The van der Waals surface area contributed by atoms with Gasteiger partial charge in [0.15, 0.2) is 11.2 Å². The normalized spacial score (nSPS) is 11.5. The molecular weight excluding hydrogens is 322 g/mol. The number of non-ortho nitro benzene ring substituents is 1. The molecule has 4 aromatic rings. The molecule has 8 heteroatoms. The maximum atomic E-state index is 12.5. The minimum Gasteiger partial charge on any atom is -0.338 e. The summed E-state index contributed by atoms with van der Waals surface area (Å²) in [6.07, 6.45) is 2.90. The molecule has 8 nitrogen and oxygen atoms in total. The molecule has 2 aromatic heterocycles. The number of nitro benzene ring substituents is 1. The number of hydrogen-bond acceptors (Lipinski definition) is 5. The van der Waals surface area contributed by atoms with Crippen molar-refractivity contribution in [2.45, 2.75) is 0 Å². The number of rotatable bonds is 3. The first kappa shape index (κ1) is 14.8. The van der Waals surface area contributed by atoms with Crippen molar-refractivity contribution in [1.29, 1.82) is 0 Å². The predicted molar refractivity (Wildman–Crippen MR) is 93.9 cm³/mol. The van der Waals surface area contributed by atoms with E-state index in [-0.39, 0.29) is 16.6 Å². The molecule has 0 saturated heterocycles. The van der Waals surface area contributed by atoms with Gasteiger partial charge >= 0.3 is 0 Å². The summed E-state index contributed by atoms with van der Waals surface area (Å²) in [5.74, 6) is 0. The van der Waals surface area contributed by atoms with Gasteiger partial charge in [0.25, 0.3) is 5.69 Å². The summed E-state index contributed by atoms with van der Waals surface area (Å²) >= 11 is 0. The summed E-state index contributed by atoms with van der Waals surface area (Å²) in [7, 11) is 0. The first-order valence-electron chi connectivity index (χ1n) is 7.40. The molecular formula is C17H11N5O3. The summed E-state index contributed by atoms with van der Waals surface area (Å²) in [5.41, 5.74) is 1.82. The van der Waals surface area contributed by atoms with E-state index >= 15 is 0 Å². The van der Waals surface area contributed by atoms with Crippen LogP contribution in [0.3, 0.4) is 0 Å². The molecule has 4 rings (SSSR count). The lowest BCUT2D eigenvalue weighted by Crippen LogP contribution is -2.04. The van der Waals surface area contributed by atoms with Crippen LogP contribution in [-0.2, 0) is 0 Å². The highest BCUT2D eigenvalue weighted by Gasteiger charge is 2.10. The van der Waals surface area contributed by atoms with Crippen LogP contribution in [0.5, 0.6) is 0 Å². The zero-order chi connectivity index (χ0) is 17.4. The Morgan fingerprint density at radius 3 is 2.88 bits per heavy atom. The number of para-hydroxylation sites is 1. The largest absolute Gasteiger partial charge is 0.338 e. The molecule has 0 radical (unpaired) electrons. The van der Waals surface area contributed by atoms with Crippen LogP contribution >= 0.6 is 0 Å². The Morgan fingerprint density at radius 1 is 1.20 bits per heavy atom. The molecule has 0 bridgehead atoms. The minimum atomic E-state index is -0.465. The summed E-state index contributed by atoms with van der Waals surface area (Å²) < 4.78 is 1.43. The van der Waals surface area contributed by atoms with Crippen molar-refractivity contribution in [3.05, 3.63) is 80.8 Å². The Bertz CT molecular complexity index is 1210. The van der Waals surface area contributed by atoms with Crippen LogP contribution in [0, 0.1) is 10.1 Å². The van der Waals surface area contributed by atoms with Crippen molar-refractivity contribution in [1.82, 2.24) is 14.6 Å². The molecule has 0 unspecified atom stereocenters. The molecule has 2 heterocycles. The number of fused-ring (bicyclic) bond motifs is 2. The molecule has 0 saturated carbocycles. The lowest BCUT2D eigenvalue weighted by Gasteiger charge is -2.00. The molecule has 25 heavy (non-hydrogen) atoms. The molecule has 0 aliphatic carbocycles. The Kier molecular flexibility index (Phi) is 3.35. The number of aromatic amines is 1. The SMILES string of the molecule is O=c1c2ccccc2[nH]c2c1ncn2N=Cc1cccc([N+](=O)[O-])c1. The summed E-state index contributed by atoms with van der Waals surface area (Å²) in [5, 5.41) is 15.6. The van der Waals surface area contributed by atoms with E-state index in [1.54, 1.807) is 30.3 Å². The van der Waals surface area contributed by atoms with Crippen LogP contribution in [-0.4, -0.2) is 25.8 Å². The van der Waals surface area contributed by atoms with E-state index in [2.05, 4.69) is 15.1 Å². The Balaban J connectivity index is 1.81. The Labute approximate surface area is 140 Å². The van der Waals surface area contributed by atoms with Gasteiger partial charge in [-0.1, -0.05) is 24.3 Å². The number of nitrogens with zero attached hydrogens (tertiary/aromatic N) is 4. The van der Waals surface area contributed by atoms with Crippen LogP contribution in [0.4, 0.5) is 5.69 Å². The van der Waals surface area contributed by atoms with Gasteiger partial charge in [-0.2, -0.15) is 5.10 Å². The van der Waals surface area contributed by atoms with E-state index in [9.17, 15) is 14.9 Å². The van der Waals surface area contributed by atoms with Crippen molar-refractivity contribution in [2.75, 3.05) is 0 Å². The Hall–Kier alpha value is -3.81. The third-order valence-corrected chi connectivity index (χ3v) is 3.80. The number of nitrogens with one attached hydrogen (secondary N) is 1. The maximum Gasteiger partial charge on any atom is 0.270 e. The van der Waals surface area contributed by atoms with Crippen molar-refractivity contribution in [3.8, 4) is 0 Å². The number of pyridine rings is 1. The topological polar surface area (TPSA) is 106 Å². The smallest absolute Gasteiger partial charge is 0.270 e. The third kappa shape index (κ3) is 2.55.